The number of fused-ring (bicyclic) bond motifs is 1. The molecule has 2 fully saturated rings. The largest absolute Gasteiger partial charge is 0.490 e. The molecule has 0 aliphatic carbocycles. The average molecular weight is 433 g/mol. The van der Waals surface area contributed by atoms with E-state index < -0.39 is 0 Å². The smallest absolute Gasteiger partial charge is 0.251 e. The molecule has 3 heterocycles. The monoisotopic (exact) mass is 432 g/mol. The van der Waals surface area contributed by atoms with Crippen LogP contribution in [0.3, 0.4) is 0 Å². The summed E-state index contributed by atoms with van der Waals surface area (Å²) in [4.78, 5) is 18.7. The summed E-state index contributed by atoms with van der Waals surface area (Å²) in [6.07, 6.45) is 5.26. The zero-order chi connectivity index (χ0) is 21.9. The van der Waals surface area contributed by atoms with E-state index in [0.717, 1.165) is 66.4 Å². The lowest BCUT2D eigenvalue weighted by atomic mass is 10.0. The van der Waals surface area contributed by atoms with Gasteiger partial charge in [-0.1, -0.05) is 24.3 Å². The third-order valence-electron chi connectivity index (χ3n) is 6.35. The second-order valence-corrected chi connectivity index (χ2v) is 8.46. The van der Waals surface area contributed by atoms with Crippen LogP contribution < -0.4 is 9.47 Å². The summed E-state index contributed by atoms with van der Waals surface area (Å²) in [6, 6.07) is 16.5. The lowest BCUT2D eigenvalue weighted by molar-refractivity contribution is -0.142. The Morgan fingerprint density at radius 2 is 1.78 bits per heavy atom. The van der Waals surface area contributed by atoms with Gasteiger partial charge in [-0.25, -0.2) is 4.98 Å². The lowest BCUT2D eigenvalue weighted by Gasteiger charge is -2.33. The number of pyridine rings is 1. The van der Waals surface area contributed by atoms with Gasteiger partial charge in [-0.05, 0) is 47.6 Å². The van der Waals surface area contributed by atoms with Gasteiger partial charge in [-0.15, -0.1) is 0 Å². The molecule has 2 saturated heterocycles. The van der Waals surface area contributed by atoms with E-state index in [2.05, 4.69) is 35.3 Å². The highest BCUT2D eigenvalue weighted by Gasteiger charge is 2.31. The molecule has 0 N–H and O–H groups in total. The van der Waals surface area contributed by atoms with E-state index >= 15 is 0 Å². The number of hydrogen-bond acceptors (Lipinski definition) is 5. The van der Waals surface area contributed by atoms with Crippen LogP contribution in [0.5, 0.6) is 11.6 Å². The summed E-state index contributed by atoms with van der Waals surface area (Å²) >= 11 is 0. The normalized spacial score (nSPS) is 19.3. The average Bonchev–Trinajstić information content (AvgIpc) is 3.39. The van der Waals surface area contributed by atoms with Crippen LogP contribution in [0, 0.1) is 0 Å². The van der Waals surface area contributed by atoms with Gasteiger partial charge in [-0.2, -0.15) is 0 Å². The van der Waals surface area contributed by atoms with Crippen molar-refractivity contribution in [3.8, 4) is 22.8 Å². The third-order valence-corrected chi connectivity index (χ3v) is 6.35. The van der Waals surface area contributed by atoms with Crippen molar-refractivity contribution in [3.05, 3.63) is 54.7 Å². The van der Waals surface area contributed by atoms with Crippen LogP contribution in [-0.2, 0) is 9.53 Å². The summed E-state index contributed by atoms with van der Waals surface area (Å²) in [6.45, 7) is 2.17. The molecule has 5 rings (SSSR count). The molecule has 6 nitrogen and oxygen atoms in total. The fourth-order valence-electron chi connectivity index (χ4n) is 4.50. The molecule has 2 aliphatic heterocycles. The molecule has 1 amide bonds. The Morgan fingerprint density at radius 1 is 1.00 bits per heavy atom. The molecule has 1 atom stereocenters. The zero-order valence-corrected chi connectivity index (χ0v) is 18.3. The van der Waals surface area contributed by atoms with Gasteiger partial charge >= 0.3 is 0 Å². The Balaban J connectivity index is 1.20. The van der Waals surface area contributed by atoms with Crippen molar-refractivity contribution in [2.45, 2.75) is 37.9 Å². The van der Waals surface area contributed by atoms with Crippen molar-refractivity contribution < 1.29 is 19.0 Å². The number of rotatable bonds is 5. The minimum Gasteiger partial charge on any atom is -0.490 e. The van der Waals surface area contributed by atoms with Gasteiger partial charge in [0.2, 0.25) is 5.88 Å². The van der Waals surface area contributed by atoms with Crippen LogP contribution in [0.25, 0.3) is 21.9 Å². The number of carbonyl (C=O) groups is 1. The Hall–Kier alpha value is -3.12. The van der Waals surface area contributed by atoms with Crippen LogP contribution in [0.1, 0.15) is 25.7 Å². The summed E-state index contributed by atoms with van der Waals surface area (Å²) in [5.41, 5.74) is 2.27. The van der Waals surface area contributed by atoms with Gasteiger partial charge in [0, 0.05) is 50.2 Å². The summed E-state index contributed by atoms with van der Waals surface area (Å²) < 4.78 is 17.0. The van der Waals surface area contributed by atoms with E-state index in [4.69, 9.17) is 14.2 Å². The van der Waals surface area contributed by atoms with Gasteiger partial charge in [0.15, 0.2) is 0 Å². The maximum Gasteiger partial charge on any atom is 0.251 e. The predicted octanol–water partition coefficient (Wildman–Crippen LogP) is 4.46. The van der Waals surface area contributed by atoms with Crippen molar-refractivity contribution in [2.75, 3.05) is 26.8 Å². The Morgan fingerprint density at radius 3 is 2.50 bits per heavy atom. The highest BCUT2D eigenvalue weighted by atomic mass is 16.5. The summed E-state index contributed by atoms with van der Waals surface area (Å²) in [7, 11) is 1.63. The number of carbonyl (C=O) groups excluding carboxylic acids is 1. The number of aromatic nitrogens is 1. The van der Waals surface area contributed by atoms with Crippen LogP contribution in [0.2, 0.25) is 0 Å². The molecule has 2 aliphatic rings. The molecule has 166 valence electrons. The molecular formula is C26H28N2O4. The first-order valence-corrected chi connectivity index (χ1v) is 11.3. The number of hydrogen-bond donors (Lipinski definition) is 0. The maximum absolute atomic E-state index is 12.5. The molecule has 1 aromatic heterocycles. The Kier molecular flexibility index (Phi) is 5.95. The number of amides is 1. The number of methoxy groups -OCH3 is 1. The summed E-state index contributed by atoms with van der Waals surface area (Å²) in [5, 5.41) is 2.18. The topological polar surface area (TPSA) is 60.9 Å². The van der Waals surface area contributed by atoms with Crippen molar-refractivity contribution in [2.24, 2.45) is 0 Å². The second kappa shape index (κ2) is 9.17. The zero-order valence-electron chi connectivity index (χ0n) is 18.3. The van der Waals surface area contributed by atoms with Crippen molar-refractivity contribution in [3.63, 3.8) is 0 Å². The first-order valence-electron chi connectivity index (χ1n) is 11.3. The predicted molar refractivity (Wildman–Crippen MR) is 123 cm³/mol. The quantitative estimate of drug-likeness (QED) is 0.596. The first-order chi connectivity index (χ1) is 15.7. The van der Waals surface area contributed by atoms with Gasteiger partial charge in [0.1, 0.15) is 18.0 Å². The van der Waals surface area contributed by atoms with E-state index in [-0.39, 0.29) is 18.1 Å². The van der Waals surface area contributed by atoms with E-state index in [1.807, 2.05) is 29.3 Å². The molecule has 2 aromatic carbocycles. The van der Waals surface area contributed by atoms with Gasteiger partial charge in [0.05, 0.1) is 7.11 Å². The molecule has 0 saturated carbocycles. The molecule has 3 aromatic rings. The molecule has 0 bridgehead atoms. The molecular weight excluding hydrogens is 404 g/mol. The van der Waals surface area contributed by atoms with Crippen molar-refractivity contribution in [1.29, 1.82) is 0 Å². The van der Waals surface area contributed by atoms with Crippen molar-refractivity contribution in [1.82, 2.24) is 9.88 Å². The fraction of sp³-hybridized carbons (Fsp3) is 0.385. The highest BCUT2D eigenvalue weighted by Crippen LogP contribution is 2.28. The van der Waals surface area contributed by atoms with Crippen molar-refractivity contribution >= 4 is 16.7 Å². The number of likely N-dealkylation sites (tertiary alicyclic amines) is 1. The van der Waals surface area contributed by atoms with Gasteiger partial charge in [-0.3, -0.25) is 4.79 Å². The first kappa shape index (κ1) is 20.8. The standard InChI is InChI=1S/C26H28N2O4/c1-30-25-16-21-15-19(4-5-20(21)17-27-25)18-6-8-22(9-7-18)32-23-10-12-28(13-11-23)26(29)24-3-2-14-31-24/h4-9,15-17,23-24H,2-3,10-14H2,1H3. The minimum absolute atomic E-state index is 0.134. The fourth-order valence-corrected chi connectivity index (χ4v) is 4.50. The summed E-state index contributed by atoms with van der Waals surface area (Å²) in [5.74, 6) is 1.63. The van der Waals surface area contributed by atoms with E-state index in [1.165, 1.54) is 0 Å². The molecule has 0 spiro atoms. The maximum atomic E-state index is 12.5. The molecule has 32 heavy (non-hydrogen) atoms. The molecule has 1 unspecified atom stereocenters. The van der Waals surface area contributed by atoms with E-state index in [1.54, 1.807) is 7.11 Å². The highest BCUT2D eigenvalue weighted by molar-refractivity contribution is 5.87. The number of ether oxygens (including phenoxy) is 3. The van der Waals surface area contributed by atoms with Gasteiger partial charge in [0.25, 0.3) is 5.91 Å². The number of benzene rings is 2. The Labute approximate surface area is 188 Å². The number of nitrogens with zero attached hydrogens (tertiary/aromatic N) is 2. The van der Waals surface area contributed by atoms with Crippen LogP contribution in [-0.4, -0.2) is 54.8 Å². The SMILES string of the molecule is COc1cc2cc(-c3ccc(OC4CCN(C(=O)C5CCCO5)CC4)cc3)ccc2cn1. The van der Waals surface area contributed by atoms with Crippen LogP contribution in [0.15, 0.2) is 54.7 Å². The molecule has 0 radical (unpaired) electrons. The Bertz CT molecular complexity index is 1080. The third kappa shape index (κ3) is 4.41. The number of piperidine rings is 1. The van der Waals surface area contributed by atoms with Gasteiger partial charge < -0.3 is 19.1 Å². The minimum atomic E-state index is -0.229. The second-order valence-electron chi connectivity index (χ2n) is 8.46. The van der Waals surface area contributed by atoms with Crippen LogP contribution in [0.4, 0.5) is 0 Å². The van der Waals surface area contributed by atoms with E-state index in [0.29, 0.717) is 12.5 Å². The molecule has 6 heteroatoms. The van der Waals surface area contributed by atoms with E-state index in [9.17, 15) is 4.79 Å². The van der Waals surface area contributed by atoms with Crippen LogP contribution >= 0.6 is 0 Å². The lowest BCUT2D eigenvalue weighted by Crippen LogP contribution is -2.45.